The number of hydrogen-bond donors (Lipinski definition) is 1. The van der Waals surface area contributed by atoms with Gasteiger partial charge < -0.3 is 5.11 Å². The van der Waals surface area contributed by atoms with Gasteiger partial charge in [-0.05, 0) is 39.7 Å². The minimum atomic E-state index is -0.461. The van der Waals surface area contributed by atoms with Crippen molar-refractivity contribution in [3.05, 3.63) is 17.5 Å². The lowest BCUT2D eigenvalue weighted by Gasteiger charge is -2.35. The normalized spacial score (nSPS) is 20.7. The molecular formula is C13H23N3O. The summed E-state index contributed by atoms with van der Waals surface area (Å²) in [5.41, 5.74) is 1.91. The van der Waals surface area contributed by atoms with Crippen molar-refractivity contribution < 1.29 is 5.11 Å². The van der Waals surface area contributed by atoms with Crippen LogP contribution in [0.2, 0.25) is 0 Å². The lowest BCUT2D eigenvalue weighted by molar-refractivity contribution is -0.00784. The zero-order chi connectivity index (χ0) is 12.5. The van der Waals surface area contributed by atoms with Gasteiger partial charge in [0.1, 0.15) is 0 Å². The molecule has 0 saturated carbocycles. The Kier molecular flexibility index (Phi) is 3.54. The Morgan fingerprint density at radius 2 is 2.06 bits per heavy atom. The van der Waals surface area contributed by atoms with Crippen LogP contribution in [-0.4, -0.2) is 38.5 Å². The van der Waals surface area contributed by atoms with Gasteiger partial charge >= 0.3 is 0 Å². The van der Waals surface area contributed by atoms with E-state index < -0.39 is 5.60 Å². The molecule has 96 valence electrons. The number of hydrogen-bond acceptors (Lipinski definition) is 3. The second-order valence-electron chi connectivity index (χ2n) is 5.37. The second kappa shape index (κ2) is 4.78. The van der Waals surface area contributed by atoms with E-state index in [9.17, 15) is 5.11 Å². The Hall–Kier alpha value is -0.870. The van der Waals surface area contributed by atoms with Gasteiger partial charge in [-0.1, -0.05) is 0 Å². The van der Waals surface area contributed by atoms with Crippen LogP contribution in [0.1, 0.15) is 38.1 Å². The Labute approximate surface area is 103 Å². The highest BCUT2D eigenvalue weighted by atomic mass is 16.3. The Morgan fingerprint density at radius 3 is 2.65 bits per heavy atom. The number of nitrogens with zero attached hydrogens (tertiary/aromatic N) is 3. The summed E-state index contributed by atoms with van der Waals surface area (Å²) in [4.78, 5) is 2.40. The van der Waals surface area contributed by atoms with Gasteiger partial charge in [0.25, 0.3) is 0 Å². The third-order valence-corrected chi connectivity index (χ3v) is 3.60. The molecule has 0 radical (unpaired) electrons. The molecule has 2 heterocycles. The van der Waals surface area contributed by atoms with Crippen molar-refractivity contribution >= 4 is 0 Å². The first-order valence-electron chi connectivity index (χ1n) is 6.48. The first-order valence-corrected chi connectivity index (χ1v) is 6.48. The third-order valence-electron chi connectivity index (χ3n) is 3.60. The summed E-state index contributed by atoms with van der Waals surface area (Å²) in [5.74, 6) is 0. The van der Waals surface area contributed by atoms with E-state index in [1.165, 1.54) is 5.69 Å². The average Bonchev–Trinajstić information content (AvgIpc) is 2.62. The van der Waals surface area contributed by atoms with Crippen LogP contribution in [0, 0.1) is 6.92 Å². The third kappa shape index (κ3) is 3.07. The van der Waals surface area contributed by atoms with E-state index in [1.54, 1.807) is 0 Å². The molecule has 0 aliphatic carbocycles. The highest BCUT2D eigenvalue weighted by molar-refractivity contribution is 5.09. The Bertz CT molecular complexity index is 374. The van der Waals surface area contributed by atoms with Crippen LogP contribution < -0.4 is 0 Å². The maximum atomic E-state index is 9.92. The summed E-state index contributed by atoms with van der Waals surface area (Å²) in [6.45, 7) is 9.92. The molecular weight excluding hydrogens is 214 g/mol. The number of aliphatic hydroxyl groups is 1. The first-order chi connectivity index (χ1) is 8.00. The topological polar surface area (TPSA) is 41.3 Å². The quantitative estimate of drug-likeness (QED) is 0.867. The van der Waals surface area contributed by atoms with Crippen LogP contribution >= 0.6 is 0 Å². The molecule has 1 aliphatic rings. The number of rotatable bonds is 3. The molecule has 17 heavy (non-hydrogen) atoms. The van der Waals surface area contributed by atoms with Crippen LogP contribution in [0.25, 0.3) is 0 Å². The highest BCUT2D eigenvalue weighted by Gasteiger charge is 2.27. The summed E-state index contributed by atoms with van der Waals surface area (Å²) in [7, 11) is 0. The lowest BCUT2D eigenvalue weighted by atomic mass is 9.94. The molecule has 0 aromatic carbocycles. The van der Waals surface area contributed by atoms with Gasteiger partial charge in [-0.15, -0.1) is 0 Å². The van der Waals surface area contributed by atoms with Crippen molar-refractivity contribution in [1.82, 2.24) is 14.7 Å². The maximum Gasteiger partial charge on any atom is 0.0644 e. The lowest BCUT2D eigenvalue weighted by Crippen LogP contribution is -2.42. The largest absolute Gasteiger partial charge is 0.390 e. The van der Waals surface area contributed by atoms with Gasteiger partial charge in [0.15, 0.2) is 0 Å². The predicted molar refractivity (Wildman–Crippen MR) is 67.8 cm³/mol. The second-order valence-corrected chi connectivity index (χ2v) is 5.37. The van der Waals surface area contributed by atoms with Crippen LogP contribution in [0.4, 0.5) is 0 Å². The van der Waals surface area contributed by atoms with Gasteiger partial charge in [-0.3, -0.25) is 9.58 Å². The number of piperidine rings is 1. The minimum absolute atomic E-state index is 0.461. The van der Waals surface area contributed by atoms with Crippen molar-refractivity contribution in [2.24, 2.45) is 0 Å². The fraction of sp³-hybridized carbons (Fsp3) is 0.769. The van der Waals surface area contributed by atoms with Crippen LogP contribution in [-0.2, 0) is 13.1 Å². The zero-order valence-electron chi connectivity index (χ0n) is 11.1. The average molecular weight is 237 g/mol. The standard InChI is InChI=1S/C13H23N3O/c1-4-16-12(9-11(2)14-16)10-15-7-5-13(3,17)6-8-15/h9,17H,4-8,10H2,1-3H3. The van der Waals surface area contributed by atoms with E-state index in [1.807, 2.05) is 13.8 Å². The van der Waals surface area contributed by atoms with E-state index in [0.29, 0.717) is 0 Å². The Morgan fingerprint density at radius 1 is 1.41 bits per heavy atom. The number of aryl methyl sites for hydroxylation is 2. The van der Waals surface area contributed by atoms with Gasteiger partial charge in [0, 0.05) is 26.2 Å². The number of aromatic nitrogens is 2. The van der Waals surface area contributed by atoms with E-state index in [4.69, 9.17) is 0 Å². The summed E-state index contributed by atoms with van der Waals surface area (Å²) in [5, 5.41) is 14.4. The maximum absolute atomic E-state index is 9.92. The SMILES string of the molecule is CCn1nc(C)cc1CN1CCC(C)(O)CC1. The number of likely N-dealkylation sites (tertiary alicyclic amines) is 1. The summed E-state index contributed by atoms with van der Waals surface area (Å²) in [6, 6.07) is 2.16. The van der Waals surface area contributed by atoms with Gasteiger partial charge in [0.05, 0.1) is 17.0 Å². The van der Waals surface area contributed by atoms with Crippen molar-refractivity contribution in [2.45, 2.75) is 52.3 Å². The summed E-state index contributed by atoms with van der Waals surface area (Å²) in [6.07, 6.45) is 1.73. The molecule has 1 aliphatic heterocycles. The molecule has 1 N–H and O–H groups in total. The van der Waals surface area contributed by atoms with Gasteiger partial charge in [0.2, 0.25) is 0 Å². The molecule has 4 nitrogen and oxygen atoms in total. The smallest absolute Gasteiger partial charge is 0.0644 e. The van der Waals surface area contributed by atoms with Gasteiger partial charge in [-0.25, -0.2) is 0 Å². The molecule has 0 bridgehead atoms. The molecule has 4 heteroatoms. The molecule has 1 fully saturated rings. The van der Waals surface area contributed by atoms with E-state index >= 15 is 0 Å². The van der Waals surface area contributed by atoms with Crippen LogP contribution in [0.5, 0.6) is 0 Å². The van der Waals surface area contributed by atoms with E-state index in [-0.39, 0.29) is 0 Å². The fourth-order valence-corrected chi connectivity index (χ4v) is 2.42. The molecule has 1 aromatic heterocycles. The summed E-state index contributed by atoms with van der Waals surface area (Å²) < 4.78 is 2.07. The van der Waals surface area contributed by atoms with Crippen molar-refractivity contribution in [3.8, 4) is 0 Å². The predicted octanol–water partition coefficient (Wildman–Crippen LogP) is 1.56. The monoisotopic (exact) mass is 237 g/mol. The van der Waals surface area contributed by atoms with E-state index in [0.717, 1.165) is 44.7 Å². The molecule has 0 unspecified atom stereocenters. The van der Waals surface area contributed by atoms with Gasteiger partial charge in [-0.2, -0.15) is 5.10 Å². The van der Waals surface area contributed by atoms with Crippen molar-refractivity contribution in [1.29, 1.82) is 0 Å². The molecule has 1 saturated heterocycles. The minimum Gasteiger partial charge on any atom is -0.390 e. The van der Waals surface area contributed by atoms with E-state index in [2.05, 4.69) is 27.7 Å². The summed E-state index contributed by atoms with van der Waals surface area (Å²) >= 11 is 0. The highest BCUT2D eigenvalue weighted by Crippen LogP contribution is 2.22. The molecule has 2 rings (SSSR count). The molecule has 1 aromatic rings. The molecule has 0 amide bonds. The molecule has 0 spiro atoms. The fourth-order valence-electron chi connectivity index (χ4n) is 2.42. The van der Waals surface area contributed by atoms with Crippen LogP contribution in [0.15, 0.2) is 6.07 Å². The van der Waals surface area contributed by atoms with Crippen LogP contribution in [0.3, 0.4) is 0 Å². The molecule has 0 atom stereocenters. The van der Waals surface area contributed by atoms with Crippen molar-refractivity contribution in [3.63, 3.8) is 0 Å². The van der Waals surface area contributed by atoms with Crippen molar-refractivity contribution in [2.75, 3.05) is 13.1 Å². The first kappa shape index (κ1) is 12.6. The Balaban J connectivity index is 1.97. The zero-order valence-corrected chi connectivity index (χ0v) is 11.1.